The molecule has 3 aromatic rings. The fourth-order valence-electron chi connectivity index (χ4n) is 3.59. The number of hydrogen-bond acceptors (Lipinski definition) is 3. The van der Waals surface area contributed by atoms with Gasteiger partial charge in [0, 0.05) is 17.8 Å². The van der Waals surface area contributed by atoms with Crippen molar-refractivity contribution in [1.82, 2.24) is 14.6 Å². The molecule has 0 saturated heterocycles. The zero-order valence-corrected chi connectivity index (χ0v) is 14.3. The van der Waals surface area contributed by atoms with Gasteiger partial charge in [0.1, 0.15) is 5.82 Å². The number of fused-ring (bicyclic) bond motifs is 1. The summed E-state index contributed by atoms with van der Waals surface area (Å²) in [6.07, 6.45) is -0.263. The van der Waals surface area contributed by atoms with Crippen LogP contribution in [0, 0.1) is 6.92 Å². The molecule has 2 heterocycles. The molecule has 1 saturated carbocycles. The predicted molar refractivity (Wildman–Crippen MR) is 94.0 cm³/mol. The molecule has 0 amide bonds. The molecule has 4 rings (SSSR count). The van der Waals surface area contributed by atoms with Crippen molar-refractivity contribution in [2.75, 3.05) is 5.32 Å². The first kappa shape index (κ1) is 16.9. The molecule has 7 heteroatoms. The summed E-state index contributed by atoms with van der Waals surface area (Å²) < 4.78 is 42.4. The largest absolute Gasteiger partial charge is 0.435 e. The molecule has 1 N–H and O–H groups in total. The third kappa shape index (κ3) is 3.02. The van der Waals surface area contributed by atoms with Gasteiger partial charge in [-0.2, -0.15) is 22.8 Å². The second-order valence-corrected chi connectivity index (χ2v) is 6.73. The average molecular weight is 360 g/mol. The lowest BCUT2D eigenvalue weighted by molar-refractivity contribution is -0.140. The number of benzene rings is 1. The van der Waals surface area contributed by atoms with Gasteiger partial charge in [0.25, 0.3) is 0 Å². The lowest BCUT2D eigenvalue weighted by Gasteiger charge is -2.15. The molecule has 1 fully saturated rings. The van der Waals surface area contributed by atoms with Crippen molar-refractivity contribution >= 4 is 11.5 Å². The quantitative estimate of drug-likeness (QED) is 0.708. The van der Waals surface area contributed by atoms with Crippen LogP contribution >= 0.6 is 0 Å². The van der Waals surface area contributed by atoms with Crippen LogP contribution in [0.25, 0.3) is 16.8 Å². The van der Waals surface area contributed by atoms with Crippen LogP contribution in [0.5, 0.6) is 0 Å². The van der Waals surface area contributed by atoms with Gasteiger partial charge in [-0.15, -0.1) is 0 Å². The third-order valence-electron chi connectivity index (χ3n) is 4.76. The molecule has 1 aliphatic rings. The Morgan fingerprint density at radius 3 is 2.46 bits per heavy atom. The van der Waals surface area contributed by atoms with E-state index >= 15 is 0 Å². The lowest BCUT2D eigenvalue weighted by atomic mass is 10.1. The topological polar surface area (TPSA) is 42.2 Å². The van der Waals surface area contributed by atoms with E-state index in [0.717, 1.165) is 25.7 Å². The molecule has 1 aromatic carbocycles. The molecule has 0 radical (unpaired) electrons. The van der Waals surface area contributed by atoms with Crippen molar-refractivity contribution in [1.29, 1.82) is 0 Å². The summed E-state index contributed by atoms with van der Waals surface area (Å²) in [5.41, 5.74) is 0.458. The van der Waals surface area contributed by atoms with Gasteiger partial charge in [0.15, 0.2) is 11.3 Å². The number of nitrogens with zero attached hydrogens (tertiary/aromatic N) is 3. The second-order valence-electron chi connectivity index (χ2n) is 6.73. The number of rotatable bonds is 3. The van der Waals surface area contributed by atoms with Gasteiger partial charge < -0.3 is 5.32 Å². The van der Waals surface area contributed by atoms with E-state index in [1.807, 2.05) is 0 Å². The standard InChI is InChI=1S/C19H19F3N4/c1-12-11-15(24-14-9-5-6-10-14)26-18(23-12)16(13-7-3-2-4-8-13)17(25-26)19(20,21)22/h2-4,7-8,11,14,24H,5-6,9-10H2,1H3. The monoisotopic (exact) mass is 360 g/mol. The van der Waals surface area contributed by atoms with Crippen molar-refractivity contribution in [2.24, 2.45) is 0 Å². The fourth-order valence-corrected chi connectivity index (χ4v) is 3.59. The van der Waals surface area contributed by atoms with E-state index in [9.17, 15) is 13.2 Å². The Labute approximate surface area is 149 Å². The minimum absolute atomic E-state index is 0.0243. The number of alkyl halides is 3. The molecule has 0 unspecified atom stereocenters. The van der Waals surface area contributed by atoms with Crippen molar-refractivity contribution in [2.45, 2.75) is 44.8 Å². The van der Waals surface area contributed by atoms with Crippen LogP contribution in [-0.4, -0.2) is 20.6 Å². The van der Waals surface area contributed by atoms with Gasteiger partial charge in [-0.25, -0.2) is 4.98 Å². The Balaban J connectivity index is 1.95. The minimum Gasteiger partial charge on any atom is -0.367 e. The van der Waals surface area contributed by atoms with Crippen molar-refractivity contribution in [3.63, 3.8) is 0 Å². The van der Waals surface area contributed by atoms with Crippen LogP contribution in [0.15, 0.2) is 36.4 Å². The maximum atomic E-state index is 13.7. The van der Waals surface area contributed by atoms with Crippen molar-refractivity contribution < 1.29 is 13.2 Å². The number of hydrogen-bond donors (Lipinski definition) is 1. The summed E-state index contributed by atoms with van der Waals surface area (Å²) in [4.78, 5) is 4.38. The lowest BCUT2D eigenvalue weighted by Crippen LogP contribution is -2.18. The van der Waals surface area contributed by atoms with Crippen LogP contribution in [0.3, 0.4) is 0 Å². The van der Waals surface area contributed by atoms with E-state index in [2.05, 4.69) is 15.4 Å². The van der Waals surface area contributed by atoms with E-state index < -0.39 is 11.9 Å². The SMILES string of the molecule is Cc1cc(NC2CCCC2)n2nc(C(F)(F)F)c(-c3ccccc3)c2n1. The summed E-state index contributed by atoms with van der Waals surface area (Å²) >= 11 is 0. The Morgan fingerprint density at radius 2 is 1.81 bits per heavy atom. The number of nitrogens with one attached hydrogen (secondary N) is 1. The smallest absolute Gasteiger partial charge is 0.367 e. The number of halogens is 3. The summed E-state index contributed by atoms with van der Waals surface area (Å²) in [6, 6.07) is 10.5. The van der Waals surface area contributed by atoms with E-state index in [-0.39, 0.29) is 17.3 Å². The first-order valence-corrected chi connectivity index (χ1v) is 8.73. The molecule has 1 aliphatic carbocycles. The molecule has 4 nitrogen and oxygen atoms in total. The third-order valence-corrected chi connectivity index (χ3v) is 4.76. The number of anilines is 1. The summed E-state index contributed by atoms with van der Waals surface area (Å²) in [7, 11) is 0. The molecule has 0 atom stereocenters. The molecule has 0 aliphatic heterocycles. The Hall–Kier alpha value is -2.57. The van der Waals surface area contributed by atoms with Crippen LogP contribution in [0.1, 0.15) is 37.1 Å². The average Bonchev–Trinajstić information content (AvgIpc) is 3.22. The number of aromatic nitrogens is 3. The van der Waals surface area contributed by atoms with Gasteiger partial charge in [0.05, 0.1) is 5.56 Å². The van der Waals surface area contributed by atoms with E-state index in [4.69, 9.17) is 0 Å². The predicted octanol–water partition coefficient (Wildman–Crippen LogP) is 5.08. The van der Waals surface area contributed by atoms with Crippen LogP contribution in [0.4, 0.5) is 19.0 Å². The highest BCUT2D eigenvalue weighted by molar-refractivity contribution is 5.81. The summed E-state index contributed by atoms with van der Waals surface area (Å²) in [5, 5.41) is 7.27. The van der Waals surface area contributed by atoms with Gasteiger partial charge in [-0.3, -0.25) is 0 Å². The summed E-state index contributed by atoms with van der Waals surface area (Å²) in [6.45, 7) is 1.79. The first-order chi connectivity index (χ1) is 12.4. The Kier molecular flexibility index (Phi) is 4.09. The molecule has 26 heavy (non-hydrogen) atoms. The highest BCUT2D eigenvalue weighted by atomic mass is 19.4. The van der Waals surface area contributed by atoms with Gasteiger partial charge in [-0.1, -0.05) is 43.2 Å². The normalized spacial score (nSPS) is 15.7. The van der Waals surface area contributed by atoms with Crippen LogP contribution in [0.2, 0.25) is 0 Å². The molecule has 136 valence electrons. The van der Waals surface area contributed by atoms with E-state index in [0.29, 0.717) is 17.1 Å². The fraction of sp³-hybridized carbons (Fsp3) is 0.368. The molecular weight excluding hydrogens is 341 g/mol. The highest BCUT2D eigenvalue weighted by Gasteiger charge is 2.39. The molecule has 0 bridgehead atoms. The molecule has 2 aromatic heterocycles. The van der Waals surface area contributed by atoms with Crippen LogP contribution in [-0.2, 0) is 6.18 Å². The minimum atomic E-state index is -4.56. The molecular formula is C19H19F3N4. The molecule has 0 spiro atoms. The Morgan fingerprint density at radius 1 is 1.12 bits per heavy atom. The second kappa shape index (κ2) is 6.30. The van der Waals surface area contributed by atoms with Gasteiger partial charge >= 0.3 is 6.18 Å². The van der Waals surface area contributed by atoms with E-state index in [1.54, 1.807) is 43.3 Å². The Bertz CT molecular complexity index is 925. The van der Waals surface area contributed by atoms with Gasteiger partial charge in [-0.05, 0) is 25.3 Å². The maximum Gasteiger partial charge on any atom is 0.435 e. The zero-order chi connectivity index (χ0) is 18.3. The van der Waals surface area contributed by atoms with Crippen LogP contribution < -0.4 is 5.32 Å². The van der Waals surface area contributed by atoms with Crippen molar-refractivity contribution in [3.05, 3.63) is 47.8 Å². The van der Waals surface area contributed by atoms with E-state index in [1.165, 1.54) is 4.52 Å². The highest BCUT2D eigenvalue weighted by Crippen LogP contribution is 2.39. The maximum absolute atomic E-state index is 13.7. The number of aryl methyl sites for hydroxylation is 1. The first-order valence-electron chi connectivity index (χ1n) is 8.73. The summed E-state index contributed by atoms with van der Waals surface area (Å²) in [5.74, 6) is 0.562. The van der Waals surface area contributed by atoms with Crippen molar-refractivity contribution in [3.8, 4) is 11.1 Å². The zero-order valence-electron chi connectivity index (χ0n) is 14.3. The van der Waals surface area contributed by atoms with Gasteiger partial charge in [0.2, 0.25) is 0 Å².